The van der Waals surface area contributed by atoms with Crippen LogP contribution in [0.2, 0.25) is 0 Å². The predicted molar refractivity (Wildman–Crippen MR) is 131 cm³/mol. The molecule has 0 aliphatic carbocycles. The Balaban J connectivity index is 2.37. The first kappa shape index (κ1) is 25.9. The van der Waals surface area contributed by atoms with Crippen molar-refractivity contribution in [1.82, 2.24) is 10.2 Å². The van der Waals surface area contributed by atoms with Gasteiger partial charge in [-0.05, 0) is 55.7 Å². The molecule has 0 unspecified atom stereocenters. The number of sulfonamides is 1. The standard InChI is InChI=1S/C23H30BrN3O4S/c1-5-12-25-23(29)18(3)26(15-19-9-7-10-20(24)14-19)22(28)16-27(32(4,30)31)21-11-6-8-17(2)13-21/h6-11,13-14,18H,5,12,15-16H2,1-4H3,(H,25,29)/t18-/m1/s1. The molecule has 0 aliphatic rings. The molecular formula is C23H30BrN3O4S. The van der Waals surface area contributed by atoms with Gasteiger partial charge in [0.2, 0.25) is 21.8 Å². The Kier molecular flexibility index (Phi) is 9.27. The lowest BCUT2D eigenvalue weighted by Crippen LogP contribution is -2.51. The SMILES string of the molecule is CCCNC(=O)[C@@H](C)N(Cc1cccc(Br)c1)C(=O)CN(c1cccc(C)c1)S(C)(=O)=O. The van der Waals surface area contributed by atoms with E-state index < -0.39 is 28.5 Å². The molecule has 174 valence electrons. The molecule has 0 aromatic heterocycles. The molecule has 0 fully saturated rings. The molecule has 9 heteroatoms. The van der Waals surface area contributed by atoms with Crippen LogP contribution in [0.5, 0.6) is 0 Å². The molecule has 7 nitrogen and oxygen atoms in total. The zero-order valence-corrected chi connectivity index (χ0v) is 21.2. The lowest BCUT2D eigenvalue weighted by molar-refractivity contribution is -0.139. The van der Waals surface area contributed by atoms with Crippen LogP contribution in [0.15, 0.2) is 53.0 Å². The molecule has 32 heavy (non-hydrogen) atoms. The monoisotopic (exact) mass is 523 g/mol. The molecule has 2 aromatic carbocycles. The molecular weight excluding hydrogens is 494 g/mol. The molecule has 1 N–H and O–H groups in total. The third-order valence-corrected chi connectivity index (χ3v) is 6.56. The number of nitrogens with zero attached hydrogens (tertiary/aromatic N) is 2. The summed E-state index contributed by atoms with van der Waals surface area (Å²) in [7, 11) is -3.73. The van der Waals surface area contributed by atoms with Gasteiger partial charge in [-0.15, -0.1) is 0 Å². The Morgan fingerprint density at radius 3 is 2.41 bits per heavy atom. The van der Waals surface area contributed by atoms with E-state index in [1.54, 1.807) is 25.1 Å². The normalized spacial score (nSPS) is 12.2. The Morgan fingerprint density at radius 1 is 1.12 bits per heavy atom. The van der Waals surface area contributed by atoms with Gasteiger partial charge in [0.25, 0.3) is 0 Å². The summed E-state index contributed by atoms with van der Waals surface area (Å²) in [6.45, 7) is 5.72. The number of carbonyl (C=O) groups is 2. The van der Waals surface area contributed by atoms with Crippen LogP contribution in [0.4, 0.5) is 5.69 Å². The molecule has 0 bridgehead atoms. The highest BCUT2D eigenvalue weighted by atomic mass is 79.9. The van der Waals surface area contributed by atoms with Gasteiger partial charge < -0.3 is 10.2 Å². The van der Waals surface area contributed by atoms with Crippen molar-refractivity contribution in [3.05, 3.63) is 64.1 Å². The van der Waals surface area contributed by atoms with E-state index in [9.17, 15) is 18.0 Å². The van der Waals surface area contributed by atoms with Gasteiger partial charge >= 0.3 is 0 Å². The van der Waals surface area contributed by atoms with E-state index in [1.165, 1.54) is 4.90 Å². The van der Waals surface area contributed by atoms with Crippen molar-refractivity contribution in [3.63, 3.8) is 0 Å². The van der Waals surface area contributed by atoms with E-state index in [-0.39, 0.29) is 12.5 Å². The maximum Gasteiger partial charge on any atom is 0.244 e. The number of halogens is 1. The quantitative estimate of drug-likeness (QED) is 0.516. The van der Waals surface area contributed by atoms with E-state index in [0.29, 0.717) is 12.2 Å². The van der Waals surface area contributed by atoms with Gasteiger partial charge in [0.1, 0.15) is 12.6 Å². The molecule has 0 heterocycles. The van der Waals surface area contributed by atoms with Crippen LogP contribution in [0.1, 0.15) is 31.4 Å². The van der Waals surface area contributed by atoms with Crippen molar-refractivity contribution in [2.75, 3.05) is 23.7 Å². The second-order valence-corrected chi connectivity index (χ2v) is 10.5. The second-order valence-electron chi connectivity index (χ2n) is 7.73. The van der Waals surface area contributed by atoms with Crippen molar-refractivity contribution in [1.29, 1.82) is 0 Å². The fraction of sp³-hybridized carbons (Fsp3) is 0.391. The number of benzene rings is 2. The molecule has 2 aromatic rings. The van der Waals surface area contributed by atoms with Crippen LogP contribution in [-0.2, 0) is 26.2 Å². The third-order valence-electron chi connectivity index (χ3n) is 4.93. The van der Waals surface area contributed by atoms with Crippen molar-refractivity contribution in [2.24, 2.45) is 0 Å². The van der Waals surface area contributed by atoms with Crippen molar-refractivity contribution in [2.45, 2.75) is 39.8 Å². The molecule has 0 saturated carbocycles. The van der Waals surface area contributed by atoms with E-state index in [2.05, 4.69) is 21.2 Å². The van der Waals surface area contributed by atoms with Crippen LogP contribution in [0.3, 0.4) is 0 Å². The summed E-state index contributed by atoms with van der Waals surface area (Å²) in [4.78, 5) is 27.5. The summed E-state index contributed by atoms with van der Waals surface area (Å²) >= 11 is 3.42. The van der Waals surface area contributed by atoms with Gasteiger partial charge in [-0.1, -0.05) is 47.1 Å². The molecule has 0 spiro atoms. The summed E-state index contributed by atoms with van der Waals surface area (Å²) in [6, 6.07) is 13.6. The number of hydrogen-bond acceptors (Lipinski definition) is 4. The smallest absolute Gasteiger partial charge is 0.244 e. The molecule has 2 amide bonds. The fourth-order valence-corrected chi connectivity index (χ4v) is 4.50. The average molecular weight is 524 g/mol. The summed E-state index contributed by atoms with van der Waals surface area (Å²) < 4.78 is 27.0. The zero-order chi connectivity index (χ0) is 23.9. The maximum absolute atomic E-state index is 13.4. The highest BCUT2D eigenvalue weighted by Crippen LogP contribution is 2.21. The van der Waals surface area contributed by atoms with Crippen LogP contribution < -0.4 is 9.62 Å². The van der Waals surface area contributed by atoms with E-state index >= 15 is 0 Å². The van der Waals surface area contributed by atoms with Gasteiger partial charge in [0.05, 0.1) is 11.9 Å². The highest BCUT2D eigenvalue weighted by molar-refractivity contribution is 9.10. The van der Waals surface area contributed by atoms with Crippen molar-refractivity contribution >= 4 is 43.5 Å². The number of carbonyl (C=O) groups excluding carboxylic acids is 2. The van der Waals surface area contributed by atoms with Crippen LogP contribution in [0.25, 0.3) is 0 Å². The average Bonchev–Trinajstić information content (AvgIpc) is 2.72. The van der Waals surface area contributed by atoms with Crippen LogP contribution >= 0.6 is 15.9 Å². The summed E-state index contributed by atoms with van der Waals surface area (Å²) in [5.41, 5.74) is 2.11. The van der Waals surface area contributed by atoms with E-state index in [1.807, 2.05) is 44.2 Å². The van der Waals surface area contributed by atoms with Gasteiger partial charge in [-0.3, -0.25) is 13.9 Å². The lowest BCUT2D eigenvalue weighted by atomic mass is 10.1. The summed E-state index contributed by atoms with van der Waals surface area (Å²) in [5, 5.41) is 2.81. The number of aryl methyl sites for hydroxylation is 1. The number of anilines is 1. The minimum Gasteiger partial charge on any atom is -0.354 e. The fourth-order valence-electron chi connectivity index (χ4n) is 3.21. The van der Waals surface area contributed by atoms with E-state index in [0.717, 1.165) is 32.6 Å². The van der Waals surface area contributed by atoms with E-state index in [4.69, 9.17) is 0 Å². The van der Waals surface area contributed by atoms with Crippen LogP contribution in [0, 0.1) is 6.92 Å². The molecule has 2 rings (SSSR count). The number of nitrogens with one attached hydrogen (secondary N) is 1. The minimum atomic E-state index is -3.73. The molecule has 0 saturated heterocycles. The van der Waals surface area contributed by atoms with Gasteiger partial charge in [0.15, 0.2) is 0 Å². The lowest BCUT2D eigenvalue weighted by Gasteiger charge is -2.31. The maximum atomic E-state index is 13.4. The minimum absolute atomic E-state index is 0.171. The Hall–Kier alpha value is -2.39. The number of rotatable bonds is 10. The number of amides is 2. The predicted octanol–water partition coefficient (Wildman–Crippen LogP) is 3.47. The molecule has 0 aliphatic heterocycles. The van der Waals surface area contributed by atoms with Crippen LogP contribution in [-0.4, -0.2) is 50.5 Å². The van der Waals surface area contributed by atoms with Crippen molar-refractivity contribution < 1.29 is 18.0 Å². The third kappa shape index (κ3) is 7.34. The Labute approximate surface area is 199 Å². The first-order chi connectivity index (χ1) is 15.0. The Bertz CT molecular complexity index is 1060. The Morgan fingerprint density at radius 2 is 1.81 bits per heavy atom. The number of hydrogen-bond donors (Lipinski definition) is 1. The van der Waals surface area contributed by atoms with Gasteiger partial charge in [-0.2, -0.15) is 0 Å². The van der Waals surface area contributed by atoms with Gasteiger partial charge in [-0.25, -0.2) is 8.42 Å². The van der Waals surface area contributed by atoms with Gasteiger partial charge in [0, 0.05) is 17.6 Å². The highest BCUT2D eigenvalue weighted by Gasteiger charge is 2.30. The largest absolute Gasteiger partial charge is 0.354 e. The van der Waals surface area contributed by atoms with Crippen molar-refractivity contribution in [3.8, 4) is 0 Å². The first-order valence-electron chi connectivity index (χ1n) is 10.4. The zero-order valence-electron chi connectivity index (χ0n) is 18.8. The second kappa shape index (κ2) is 11.5. The molecule has 1 atom stereocenters. The summed E-state index contributed by atoms with van der Waals surface area (Å²) in [6.07, 6.45) is 1.84. The molecule has 0 radical (unpaired) electrons. The first-order valence-corrected chi connectivity index (χ1v) is 13.0. The summed E-state index contributed by atoms with van der Waals surface area (Å²) in [5.74, 6) is -0.743. The topological polar surface area (TPSA) is 86.8 Å².